The Balaban J connectivity index is 2.06. The molecule has 0 unspecified atom stereocenters. The van der Waals surface area contributed by atoms with Crippen LogP contribution in [0.4, 0.5) is 0 Å². The first-order valence-electron chi connectivity index (χ1n) is 7.25. The summed E-state index contributed by atoms with van der Waals surface area (Å²) in [6.45, 7) is 0. The summed E-state index contributed by atoms with van der Waals surface area (Å²) in [5.74, 6) is 0. The monoisotopic (exact) mass is 319 g/mol. The maximum Gasteiger partial charge on any atom is 0.207 e. The van der Waals surface area contributed by atoms with Gasteiger partial charge in [0, 0.05) is 10.8 Å². The van der Waals surface area contributed by atoms with Crippen molar-refractivity contribution in [2.24, 2.45) is 0 Å². The minimum atomic E-state index is -3.57. The highest BCUT2D eigenvalue weighted by Gasteiger charge is 2.20. The number of benzene rings is 3. The van der Waals surface area contributed by atoms with Crippen LogP contribution in [0.5, 0.6) is 0 Å². The minimum Gasteiger partial charge on any atom is -0.248 e. The van der Waals surface area contributed by atoms with E-state index in [1.54, 1.807) is 42.5 Å². The molecule has 0 N–H and O–H groups in total. The molecule has 0 saturated heterocycles. The first-order chi connectivity index (χ1) is 11.2. The molecule has 1 aromatic heterocycles. The van der Waals surface area contributed by atoms with Gasteiger partial charge in [-0.25, -0.2) is 13.4 Å². The molecule has 0 spiro atoms. The zero-order valence-corrected chi connectivity index (χ0v) is 13.0. The van der Waals surface area contributed by atoms with Crippen molar-refractivity contribution >= 4 is 31.6 Å². The van der Waals surface area contributed by atoms with Gasteiger partial charge in [-0.15, -0.1) is 0 Å². The summed E-state index contributed by atoms with van der Waals surface area (Å²) in [5.41, 5.74) is 1.54. The van der Waals surface area contributed by atoms with Crippen LogP contribution in [0.25, 0.3) is 21.8 Å². The van der Waals surface area contributed by atoms with Crippen LogP contribution >= 0.6 is 0 Å². The molecular formula is C19H13NO2S. The number of aromatic nitrogens is 1. The van der Waals surface area contributed by atoms with E-state index in [0.717, 1.165) is 10.9 Å². The second-order valence-electron chi connectivity index (χ2n) is 5.32. The number of fused-ring (bicyclic) bond motifs is 2. The molecule has 0 aliphatic heterocycles. The van der Waals surface area contributed by atoms with E-state index in [1.807, 2.05) is 36.4 Å². The van der Waals surface area contributed by atoms with Crippen molar-refractivity contribution in [3.8, 4) is 0 Å². The van der Waals surface area contributed by atoms with Crippen molar-refractivity contribution in [3.63, 3.8) is 0 Å². The predicted molar refractivity (Wildman–Crippen MR) is 91.1 cm³/mol. The molecule has 0 atom stereocenters. The molecule has 4 aromatic rings. The van der Waals surface area contributed by atoms with E-state index in [2.05, 4.69) is 4.98 Å². The van der Waals surface area contributed by atoms with Gasteiger partial charge in [0.25, 0.3) is 0 Å². The smallest absolute Gasteiger partial charge is 0.207 e. The average molecular weight is 319 g/mol. The Bertz CT molecular complexity index is 1120. The van der Waals surface area contributed by atoms with Crippen molar-refractivity contribution in [1.82, 2.24) is 4.98 Å². The van der Waals surface area contributed by atoms with Gasteiger partial charge >= 0.3 is 0 Å². The lowest BCUT2D eigenvalue weighted by Crippen LogP contribution is -2.03. The van der Waals surface area contributed by atoms with E-state index in [-0.39, 0.29) is 0 Å². The van der Waals surface area contributed by atoms with Gasteiger partial charge in [0.15, 0.2) is 0 Å². The minimum absolute atomic E-state index is 0.291. The van der Waals surface area contributed by atoms with Gasteiger partial charge in [-0.05, 0) is 36.4 Å². The summed E-state index contributed by atoms with van der Waals surface area (Å²) in [6.07, 6.45) is 0. The number of sulfone groups is 1. The Morgan fingerprint density at radius 2 is 1.39 bits per heavy atom. The molecule has 0 aliphatic carbocycles. The molecular weight excluding hydrogens is 306 g/mol. The van der Waals surface area contributed by atoms with Crippen molar-refractivity contribution < 1.29 is 8.42 Å². The van der Waals surface area contributed by atoms with Crippen molar-refractivity contribution in [2.45, 2.75) is 9.79 Å². The summed E-state index contributed by atoms with van der Waals surface area (Å²) in [7, 11) is -3.57. The third-order valence-corrected chi connectivity index (χ3v) is 5.69. The predicted octanol–water partition coefficient (Wildman–Crippen LogP) is 4.22. The Hall–Kier alpha value is -2.72. The summed E-state index contributed by atoms with van der Waals surface area (Å²) < 4.78 is 25.9. The van der Waals surface area contributed by atoms with Crippen molar-refractivity contribution in [1.29, 1.82) is 0 Å². The lowest BCUT2D eigenvalue weighted by Gasteiger charge is -2.09. The quantitative estimate of drug-likeness (QED) is 0.520. The molecule has 4 heteroatoms. The number of rotatable bonds is 2. The highest BCUT2D eigenvalue weighted by Crippen LogP contribution is 2.29. The van der Waals surface area contributed by atoms with Crippen LogP contribution in [-0.4, -0.2) is 13.4 Å². The lowest BCUT2D eigenvalue weighted by atomic mass is 10.1. The third-order valence-electron chi connectivity index (χ3n) is 3.86. The standard InChI is InChI=1S/C19H13NO2S/c21-23(22,15-8-2-1-3-9-15)19-12-6-11-18-16(19)13-14-7-4-5-10-17(14)20-18/h1-13H. The molecule has 0 fully saturated rings. The molecule has 3 aromatic carbocycles. The van der Waals surface area contributed by atoms with Crippen LogP contribution in [0.1, 0.15) is 0 Å². The Kier molecular flexibility index (Phi) is 3.13. The van der Waals surface area contributed by atoms with Gasteiger partial charge in [-0.1, -0.05) is 42.5 Å². The van der Waals surface area contributed by atoms with E-state index in [4.69, 9.17) is 0 Å². The van der Waals surface area contributed by atoms with E-state index in [1.165, 1.54) is 0 Å². The maximum atomic E-state index is 13.0. The molecule has 0 bridgehead atoms. The Labute approximate surface area is 134 Å². The summed E-state index contributed by atoms with van der Waals surface area (Å²) in [6, 6.07) is 23.3. The highest BCUT2D eigenvalue weighted by atomic mass is 32.2. The van der Waals surface area contributed by atoms with Gasteiger partial charge in [0.05, 0.1) is 20.8 Å². The highest BCUT2D eigenvalue weighted by molar-refractivity contribution is 7.91. The average Bonchev–Trinajstić information content (AvgIpc) is 2.60. The largest absolute Gasteiger partial charge is 0.248 e. The second kappa shape index (κ2) is 5.18. The molecule has 112 valence electrons. The number of nitrogens with zero attached hydrogens (tertiary/aromatic N) is 1. The van der Waals surface area contributed by atoms with Gasteiger partial charge in [-0.3, -0.25) is 0 Å². The van der Waals surface area contributed by atoms with Gasteiger partial charge < -0.3 is 0 Å². The van der Waals surface area contributed by atoms with Crippen LogP contribution in [-0.2, 0) is 9.84 Å². The number of para-hydroxylation sites is 1. The van der Waals surface area contributed by atoms with Crippen LogP contribution in [0.2, 0.25) is 0 Å². The number of hydrogen-bond donors (Lipinski definition) is 0. The normalized spacial score (nSPS) is 11.8. The summed E-state index contributed by atoms with van der Waals surface area (Å²) in [4.78, 5) is 5.16. The van der Waals surface area contributed by atoms with Crippen LogP contribution < -0.4 is 0 Å². The van der Waals surface area contributed by atoms with E-state index >= 15 is 0 Å². The van der Waals surface area contributed by atoms with Crippen molar-refractivity contribution in [2.75, 3.05) is 0 Å². The Morgan fingerprint density at radius 1 is 0.696 bits per heavy atom. The van der Waals surface area contributed by atoms with E-state index < -0.39 is 9.84 Å². The summed E-state index contributed by atoms with van der Waals surface area (Å²) >= 11 is 0. The third kappa shape index (κ3) is 2.28. The molecule has 1 heterocycles. The van der Waals surface area contributed by atoms with Gasteiger partial charge in [-0.2, -0.15) is 0 Å². The van der Waals surface area contributed by atoms with E-state index in [9.17, 15) is 8.42 Å². The zero-order valence-electron chi connectivity index (χ0n) is 12.2. The van der Waals surface area contributed by atoms with Crippen LogP contribution in [0, 0.1) is 0 Å². The number of hydrogen-bond acceptors (Lipinski definition) is 3. The first-order valence-corrected chi connectivity index (χ1v) is 8.73. The zero-order chi connectivity index (χ0) is 15.9. The number of pyridine rings is 1. The topological polar surface area (TPSA) is 47.0 Å². The second-order valence-corrected chi connectivity index (χ2v) is 7.24. The molecule has 0 aliphatic rings. The maximum absolute atomic E-state index is 13.0. The van der Waals surface area contributed by atoms with E-state index in [0.29, 0.717) is 20.7 Å². The fourth-order valence-corrected chi connectivity index (χ4v) is 4.21. The van der Waals surface area contributed by atoms with Gasteiger partial charge in [0.1, 0.15) is 0 Å². The first kappa shape index (κ1) is 13.9. The molecule has 4 rings (SSSR count). The molecule has 3 nitrogen and oxygen atoms in total. The molecule has 0 saturated carbocycles. The molecule has 0 radical (unpaired) electrons. The van der Waals surface area contributed by atoms with Crippen LogP contribution in [0.3, 0.4) is 0 Å². The SMILES string of the molecule is O=S(=O)(c1ccccc1)c1cccc2nc3ccccc3cc12. The summed E-state index contributed by atoms with van der Waals surface area (Å²) in [5, 5.41) is 1.57. The fourth-order valence-electron chi connectivity index (χ4n) is 2.73. The fraction of sp³-hybridized carbons (Fsp3) is 0. The Morgan fingerprint density at radius 3 is 2.22 bits per heavy atom. The van der Waals surface area contributed by atoms with Gasteiger partial charge in [0.2, 0.25) is 9.84 Å². The molecule has 23 heavy (non-hydrogen) atoms. The lowest BCUT2D eigenvalue weighted by molar-refractivity contribution is 0.597. The van der Waals surface area contributed by atoms with Crippen molar-refractivity contribution in [3.05, 3.63) is 78.9 Å². The molecule has 0 amide bonds. The van der Waals surface area contributed by atoms with Crippen LogP contribution in [0.15, 0.2) is 88.7 Å².